The maximum Gasteiger partial charge on any atom is 0.230 e. The maximum absolute atomic E-state index is 12.3. The van der Waals surface area contributed by atoms with E-state index >= 15 is 0 Å². The fourth-order valence-corrected chi connectivity index (χ4v) is 3.23. The van der Waals surface area contributed by atoms with Crippen molar-refractivity contribution in [2.45, 2.75) is 20.3 Å². The first-order valence-corrected chi connectivity index (χ1v) is 9.98. The van der Waals surface area contributed by atoms with Crippen LogP contribution in [-0.4, -0.2) is 30.3 Å². The quantitative estimate of drug-likeness (QED) is 0.446. The zero-order chi connectivity index (χ0) is 22.7. The zero-order valence-corrected chi connectivity index (χ0v) is 18.3. The Morgan fingerprint density at radius 2 is 1.72 bits per heavy atom. The molecule has 4 aromatic rings. The smallest absolute Gasteiger partial charge is 0.230 e. The molecule has 0 saturated carbocycles. The Morgan fingerprint density at radius 3 is 2.38 bits per heavy atom. The highest BCUT2D eigenvalue weighted by atomic mass is 16.5. The number of nitrogens with one attached hydrogen (secondary N) is 1. The molecular weight excluding hydrogens is 410 g/mol. The van der Waals surface area contributed by atoms with Crippen molar-refractivity contribution >= 4 is 22.6 Å². The van der Waals surface area contributed by atoms with Gasteiger partial charge in [0, 0.05) is 23.2 Å². The molecule has 2 heterocycles. The normalized spacial score (nSPS) is 10.8. The number of anilines is 1. The van der Waals surface area contributed by atoms with E-state index in [1.54, 1.807) is 39.5 Å². The Hall–Kier alpha value is -4.07. The number of nitrogens with zero attached hydrogens (tertiary/aromatic N) is 2. The Kier molecular flexibility index (Phi) is 5.93. The highest BCUT2D eigenvalue weighted by molar-refractivity contribution is 5.92. The van der Waals surface area contributed by atoms with Crippen LogP contribution in [0.25, 0.3) is 10.9 Å². The van der Waals surface area contributed by atoms with E-state index in [-0.39, 0.29) is 12.3 Å². The van der Waals surface area contributed by atoms with Crippen molar-refractivity contribution < 1.29 is 23.5 Å². The summed E-state index contributed by atoms with van der Waals surface area (Å²) >= 11 is 0. The number of hydrogen-bond donors (Lipinski definition) is 1. The van der Waals surface area contributed by atoms with E-state index in [2.05, 4.69) is 15.5 Å². The molecule has 0 fully saturated rings. The lowest BCUT2D eigenvalue weighted by Gasteiger charge is -2.12. The molecule has 0 aliphatic heterocycles. The van der Waals surface area contributed by atoms with Gasteiger partial charge in [0.25, 0.3) is 0 Å². The van der Waals surface area contributed by atoms with Gasteiger partial charge >= 0.3 is 0 Å². The Bertz CT molecular complexity index is 1260. The molecule has 2 aromatic heterocycles. The lowest BCUT2D eigenvalue weighted by Crippen LogP contribution is -2.15. The lowest BCUT2D eigenvalue weighted by molar-refractivity contribution is -0.115. The predicted octanol–water partition coefficient (Wildman–Crippen LogP) is 4.83. The van der Waals surface area contributed by atoms with E-state index in [0.717, 1.165) is 22.0 Å². The standard InChI is InChI=1S/C24H23N3O5/c1-14-15(2)32-27-24(14)26-23(28)11-16-5-7-17(8-6-16)31-20-9-10-25-19-13-22(30-4)21(29-3)12-18(19)20/h5-10,12-13H,11H2,1-4H3,(H,26,27,28). The summed E-state index contributed by atoms with van der Waals surface area (Å²) in [5.74, 6) is 3.43. The van der Waals surface area contributed by atoms with Crippen molar-refractivity contribution in [1.82, 2.24) is 10.1 Å². The minimum Gasteiger partial charge on any atom is -0.493 e. The highest BCUT2D eigenvalue weighted by Crippen LogP contribution is 2.36. The van der Waals surface area contributed by atoms with Crippen molar-refractivity contribution in [3.8, 4) is 23.0 Å². The fraction of sp³-hybridized carbons (Fsp3) is 0.208. The van der Waals surface area contributed by atoms with Gasteiger partial charge in [-0.3, -0.25) is 9.78 Å². The van der Waals surface area contributed by atoms with Crippen molar-refractivity contribution in [2.75, 3.05) is 19.5 Å². The number of methoxy groups -OCH3 is 2. The van der Waals surface area contributed by atoms with Gasteiger partial charge in [-0.2, -0.15) is 0 Å². The second-order valence-electron chi connectivity index (χ2n) is 7.22. The molecule has 32 heavy (non-hydrogen) atoms. The van der Waals surface area contributed by atoms with Crippen LogP contribution in [0.1, 0.15) is 16.9 Å². The summed E-state index contributed by atoms with van der Waals surface area (Å²) in [6.07, 6.45) is 1.89. The van der Waals surface area contributed by atoms with Crippen LogP contribution in [0.4, 0.5) is 5.82 Å². The first kappa shape index (κ1) is 21.2. The van der Waals surface area contributed by atoms with Crippen LogP contribution in [0.5, 0.6) is 23.0 Å². The maximum atomic E-state index is 12.3. The third-order valence-corrected chi connectivity index (χ3v) is 5.14. The number of hydrogen-bond acceptors (Lipinski definition) is 7. The first-order chi connectivity index (χ1) is 15.5. The Morgan fingerprint density at radius 1 is 1.00 bits per heavy atom. The molecule has 0 spiro atoms. The van der Waals surface area contributed by atoms with Gasteiger partial charge < -0.3 is 24.1 Å². The van der Waals surface area contributed by atoms with Crippen molar-refractivity contribution in [1.29, 1.82) is 0 Å². The monoisotopic (exact) mass is 433 g/mol. The average Bonchev–Trinajstić information content (AvgIpc) is 3.11. The molecule has 2 aromatic carbocycles. The zero-order valence-electron chi connectivity index (χ0n) is 18.3. The largest absolute Gasteiger partial charge is 0.493 e. The second-order valence-corrected chi connectivity index (χ2v) is 7.22. The molecule has 4 rings (SSSR count). The molecule has 1 amide bonds. The van der Waals surface area contributed by atoms with Gasteiger partial charge in [-0.15, -0.1) is 0 Å². The van der Waals surface area contributed by atoms with Crippen molar-refractivity contribution in [3.63, 3.8) is 0 Å². The van der Waals surface area contributed by atoms with E-state index < -0.39 is 0 Å². The predicted molar refractivity (Wildman–Crippen MR) is 120 cm³/mol. The van der Waals surface area contributed by atoms with Crippen LogP contribution in [0.15, 0.2) is 53.2 Å². The molecule has 0 aliphatic carbocycles. The van der Waals surface area contributed by atoms with Crippen molar-refractivity contribution in [3.05, 3.63) is 65.5 Å². The molecule has 0 unspecified atom stereocenters. The van der Waals surface area contributed by atoms with Crippen LogP contribution >= 0.6 is 0 Å². The molecule has 0 atom stereocenters. The van der Waals surface area contributed by atoms with E-state index in [4.69, 9.17) is 18.7 Å². The van der Waals surface area contributed by atoms with Gasteiger partial charge in [-0.1, -0.05) is 17.3 Å². The van der Waals surface area contributed by atoms with Crippen LogP contribution in [0.2, 0.25) is 0 Å². The molecule has 0 saturated heterocycles. The number of aromatic nitrogens is 2. The summed E-state index contributed by atoms with van der Waals surface area (Å²) in [5.41, 5.74) is 2.39. The summed E-state index contributed by atoms with van der Waals surface area (Å²) in [5, 5.41) is 7.43. The number of benzene rings is 2. The van der Waals surface area contributed by atoms with Crippen LogP contribution in [-0.2, 0) is 11.2 Å². The van der Waals surface area contributed by atoms with Gasteiger partial charge in [0.1, 0.15) is 17.3 Å². The molecule has 8 nitrogen and oxygen atoms in total. The second kappa shape index (κ2) is 8.97. The van der Waals surface area contributed by atoms with Gasteiger partial charge in [0.05, 0.1) is 26.2 Å². The number of amides is 1. The summed E-state index contributed by atoms with van der Waals surface area (Å²) < 4.78 is 21.9. The highest BCUT2D eigenvalue weighted by Gasteiger charge is 2.13. The molecular formula is C24H23N3O5. The van der Waals surface area contributed by atoms with Crippen molar-refractivity contribution in [2.24, 2.45) is 0 Å². The van der Waals surface area contributed by atoms with Gasteiger partial charge in [0.15, 0.2) is 17.3 Å². The lowest BCUT2D eigenvalue weighted by atomic mass is 10.1. The number of aryl methyl sites for hydroxylation is 1. The van der Waals surface area contributed by atoms with Crippen LogP contribution in [0.3, 0.4) is 0 Å². The molecule has 0 aliphatic rings. The number of carbonyl (C=O) groups is 1. The van der Waals surface area contributed by atoms with Gasteiger partial charge in [-0.05, 0) is 43.7 Å². The number of ether oxygens (including phenoxy) is 3. The number of fused-ring (bicyclic) bond motifs is 1. The minimum absolute atomic E-state index is 0.170. The minimum atomic E-state index is -0.170. The molecule has 8 heteroatoms. The molecule has 0 bridgehead atoms. The van der Waals surface area contributed by atoms with E-state index in [1.807, 2.05) is 37.3 Å². The van der Waals surface area contributed by atoms with E-state index in [0.29, 0.717) is 34.6 Å². The number of pyridine rings is 1. The van der Waals surface area contributed by atoms with Crippen LogP contribution in [0, 0.1) is 13.8 Å². The number of rotatable bonds is 7. The summed E-state index contributed by atoms with van der Waals surface area (Å²) in [4.78, 5) is 16.7. The Balaban J connectivity index is 1.48. The molecule has 1 N–H and O–H groups in total. The fourth-order valence-electron chi connectivity index (χ4n) is 3.23. The third kappa shape index (κ3) is 4.34. The Labute approximate surface area is 185 Å². The summed E-state index contributed by atoms with van der Waals surface area (Å²) in [6, 6.07) is 12.8. The van der Waals surface area contributed by atoms with Crippen LogP contribution < -0.4 is 19.5 Å². The number of carbonyl (C=O) groups excluding carboxylic acids is 1. The van der Waals surface area contributed by atoms with Gasteiger partial charge in [0.2, 0.25) is 5.91 Å². The SMILES string of the molecule is COc1cc2nccc(Oc3ccc(CC(=O)Nc4noc(C)c4C)cc3)c2cc1OC. The topological polar surface area (TPSA) is 95.7 Å². The summed E-state index contributed by atoms with van der Waals surface area (Å²) in [7, 11) is 3.17. The van der Waals surface area contributed by atoms with E-state index in [9.17, 15) is 4.79 Å². The third-order valence-electron chi connectivity index (χ3n) is 5.14. The van der Waals surface area contributed by atoms with Gasteiger partial charge in [-0.25, -0.2) is 0 Å². The first-order valence-electron chi connectivity index (χ1n) is 9.98. The molecule has 164 valence electrons. The molecule has 0 radical (unpaired) electrons. The van der Waals surface area contributed by atoms with E-state index in [1.165, 1.54) is 0 Å². The average molecular weight is 433 g/mol. The summed E-state index contributed by atoms with van der Waals surface area (Å²) in [6.45, 7) is 3.65.